The Bertz CT molecular complexity index is 27.3. The van der Waals surface area contributed by atoms with Gasteiger partial charge in [-0.25, -0.2) is 0 Å². The molecule has 0 unspecified atom stereocenters. The Labute approximate surface area is 90.3 Å². The van der Waals surface area contributed by atoms with E-state index in [1.165, 1.54) is 5.34 Å². The molecular weight excluding hydrogens is 420 g/mol. The molecule has 0 heterocycles. The fraction of sp³-hybridized carbons (Fsp3) is 0. The normalized spacial score (nSPS) is 1.33. The Balaban J connectivity index is -0.00000000133. The minimum atomic E-state index is 0. The maximum atomic E-state index is 8.11. The molecule has 0 aliphatic carbocycles. The van der Waals surface area contributed by atoms with Crippen molar-refractivity contribution >= 4 is 0 Å². The van der Waals surface area contributed by atoms with Crippen molar-refractivity contribution in [2.45, 2.75) is 0 Å². The van der Waals surface area contributed by atoms with E-state index in [9.17, 15) is 0 Å². The van der Waals surface area contributed by atoms with Gasteiger partial charge in [-0.05, 0) is 0 Å². The molecule has 9 heavy (non-hydrogen) atoms. The molecule has 0 saturated carbocycles. The molecule has 0 aromatic carbocycles. The Morgan fingerprint density at radius 2 is 1.11 bits per heavy atom. The van der Waals surface area contributed by atoms with Gasteiger partial charge in [-0.1, -0.05) is 0 Å². The van der Waals surface area contributed by atoms with E-state index in [1.54, 1.807) is 0 Å². The molecule has 64 valence electrons. The molecule has 5 nitrogen and oxygen atoms in total. The predicted octanol–water partition coefficient (Wildman–Crippen LogP) is -8.52. The van der Waals surface area contributed by atoms with Crippen LogP contribution in [0, 0.1) is 4.91 Å². The third-order valence-corrected chi connectivity index (χ3v) is 0. The van der Waals surface area contributed by atoms with Crippen molar-refractivity contribution in [3.63, 3.8) is 0 Å². The van der Waals surface area contributed by atoms with Crippen LogP contribution < -0.4 is 54.1 Å². The minimum absolute atomic E-state index is 0. The van der Waals surface area contributed by atoms with Crippen molar-refractivity contribution in [3.05, 3.63) is 4.91 Å². The van der Waals surface area contributed by atoms with E-state index >= 15 is 0 Å². The first-order valence-corrected chi connectivity index (χ1v) is 0.383. The summed E-state index contributed by atoms with van der Waals surface area (Å²) in [5.41, 5.74) is 0. The monoisotopic (exact) mass is 425 g/mol. The van der Waals surface area contributed by atoms with Crippen LogP contribution in [0.3, 0.4) is 0 Å². The molecule has 9 heteroatoms. The van der Waals surface area contributed by atoms with Crippen LogP contribution in [0.25, 0.3) is 0 Å². The smallest absolute Gasteiger partial charge is 1.00 e. The zero-order valence-electron chi connectivity index (χ0n) is 4.17. The molecule has 0 fully saturated rings. The second-order valence-corrected chi connectivity index (χ2v) is 0.0816. The second kappa shape index (κ2) is 138. The number of hydrogen-bond acceptors (Lipinski definition) is 4. The first kappa shape index (κ1) is 87.9. The van der Waals surface area contributed by atoms with Crippen molar-refractivity contribution in [3.8, 4) is 0 Å². The second-order valence-electron chi connectivity index (χ2n) is 0.0816. The number of nitrogens with zero attached hydrogens (tertiary/aromatic N) is 1. The van der Waals surface area contributed by atoms with E-state index in [1.807, 2.05) is 0 Å². The van der Waals surface area contributed by atoms with Crippen LogP contribution in [0.4, 0.5) is 0 Å². The summed E-state index contributed by atoms with van der Waals surface area (Å²) in [5, 5.41) is 7.89. The maximum absolute atomic E-state index is 8.11. The minimum Gasteiger partial charge on any atom is -1.00 e. The molecule has 0 atom stereocenters. The van der Waals surface area contributed by atoms with Gasteiger partial charge in [0.25, 0.3) is 0 Å². The molecular formula is H7BrCl2N3O2Pt+. The largest absolute Gasteiger partial charge is 4.00 e. The van der Waals surface area contributed by atoms with Crippen LogP contribution in [0.5, 0.6) is 0 Å². The molecule has 0 bridgehead atoms. The zero-order valence-corrected chi connectivity index (χ0v) is 9.54. The van der Waals surface area contributed by atoms with Crippen LogP contribution >= 0.6 is 0 Å². The Kier molecular flexibility index (Phi) is 1350. The van der Waals surface area contributed by atoms with Crippen molar-refractivity contribution in [1.29, 1.82) is 0 Å². The van der Waals surface area contributed by atoms with Gasteiger partial charge in [-0.3, -0.25) is 0 Å². The van der Waals surface area contributed by atoms with Gasteiger partial charge >= 0.3 is 21.1 Å². The topological polar surface area (TPSA) is 120 Å². The van der Waals surface area contributed by atoms with Gasteiger partial charge in [0.05, 0.1) is 0 Å². The van der Waals surface area contributed by atoms with Crippen molar-refractivity contribution in [1.82, 2.24) is 12.3 Å². The summed E-state index contributed by atoms with van der Waals surface area (Å²) >= 11 is 0. The Hall–Kier alpha value is 1.07. The SMILES string of the molecule is N.N.O=NO.[Br-].[Cl-].[Cl-].[Pt+4]. The van der Waals surface area contributed by atoms with E-state index < -0.39 is 0 Å². The standard InChI is InChI=1S/BrH.2ClH.HNO2.2H3N.Pt/c;;;2-1-3;;;/h3*1H;(H,2,3);2*1H3;/q;;;;;;+4/p-3. The maximum Gasteiger partial charge on any atom is 4.00 e. The molecule has 0 rings (SSSR count). The van der Waals surface area contributed by atoms with Gasteiger partial charge < -0.3 is 59.3 Å². The van der Waals surface area contributed by atoms with Crippen LogP contribution in [-0.4, -0.2) is 5.21 Å². The van der Waals surface area contributed by atoms with Gasteiger partial charge in [-0.2, -0.15) is 0 Å². The third kappa shape index (κ3) is 397. The summed E-state index contributed by atoms with van der Waals surface area (Å²) in [6.45, 7) is 0. The van der Waals surface area contributed by atoms with Gasteiger partial charge in [-0.15, -0.1) is 4.91 Å². The van der Waals surface area contributed by atoms with Gasteiger partial charge in [0, 0.05) is 0 Å². The van der Waals surface area contributed by atoms with Crippen LogP contribution in [-0.2, 0) is 21.1 Å². The molecule has 0 aromatic rings. The summed E-state index contributed by atoms with van der Waals surface area (Å²) < 4.78 is 0. The molecule has 0 aliphatic heterocycles. The van der Waals surface area contributed by atoms with Crippen molar-refractivity contribution in [2.75, 3.05) is 0 Å². The van der Waals surface area contributed by atoms with Gasteiger partial charge in [0.1, 0.15) is 0 Å². The van der Waals surface area contributed by atoms with E-state index in [-0.39, 0.29) is 75.2 Å². The molecule has 0 aromatic heterocycles. The summed E-state index contributed by atoms with van der Waals surface area (Å²) in [6.07, 6.45) is 0. The third-order valence-electron chi connectivity index (χ3n) is 0. The number of hydrogen-bond donors (Lipinski definition) is 3. The van der Waals surface area contributed by atoms with Crippen molar-refractivity contribution < 1.29 is 68.1 Å². The van der Waals surface area contributed by atoms with E-state index in [0.29, 0.717) is 0 Å². The molecule has 0 spiro atoms. The van der Waals surface area contributed by atoms with E-state index in [2.05, 4.69) is 0 Å². The zero-order chi connectivity index (χ0) is 2.71. The first-order valence-electron chi connectivity index (χ1n) is 0.383. The molecule has 7 N–H and O–H groups in total. The Morgan fingerprint density at radius 3 is 1.11 bits per heavy atom. The van der Waals surface area contributed by atoms with E-state index in [0.717, 1.165) is 0 Å². The quantitative estimate of drug-likeness (QED) is 0.263. The summed E-state index contributed by atoms with van der Waals surface area (Å²) in [7, 11) is 0. The number of rotatable bonds is 0. The number of halogens is 3. The fourth-order valence-electron chi connectivity index (χ4n) is 0. The van der Waals surface area contributed by atoms with Crippen LogP contribution in [0.1, 0.15) is 0 Å². The van der Waals surface area contributed by atoms with Crippen LogP contribution in [0.2, 0.25) is 0 Å². The summed E-state index contributed by atoms with van der Waals surface area (Å²) in [6, 6.07) is 0. The molecule has 0 amide bonds. The molecule has 0 aliphatic rings. The van der Waals surface area contributed by atoms with Gasteiger partial charge in [0.2, 0.25) is 0 Å². The average molecular weight is 427 g/mol. The van der Waals surface area contributed by atoms with Crippen LogP contribution in [0.15, 0.2) is 5.34 Å². The Morgan fingerprint density at radius 1 is 1.11 bits per heavy atom. The average Bonchev–Trinajstić information content (AvgIpc) is 0.918. The molecule has 0 saturated heterocycles. The van der Waals surface area contributed by atoms with Gasteiger partial charge in [0.15, 0.2) is 5.34 Å². The fourth-order valence-corrected chi connectivity index (χ4v) is 0. The van der Waals surface area contributed by atoms with Crippen molar-refractivity contribution in [2.24, 2.45) is 5.34 Å². The summed E-state index contributed by atoms with van der Waals surface area (Å²) in [4.78, 5) is 8.11. The van der Waals surface area contributed by atoms with E-state index in [4.69, 9.17) is 10.1 Å². The molecule has 0 radical (unpaired) electrons. The first-order chi connectivity index (χ1) is 1.41. The summed E-state index contributed by atoms with van der Waals surface area (Å²) in [5.74, 6) is 0. The predicted molar refractivity (Wildman–Crippen MR) is 17.6 cm³/mol.